The van der Waals surface area contributed by atoms with Crippen molar-refractivity contribution in [2.75, 3.05) is 0 Å². The molecule has 2 aromatic rings. The molecule has 1 saturated carbocycles. The van der Waals surface area contributed by atoms with Crippen LogP contribution >= 0.6 is 0 Å². The zero-order valence-electron chi connectivity index (χ0n) is 12.8. The molecule has 0 saturated heterocycles. The van der Waals surface area contributed by atoms with Gasteiger partial charge in [-0.3, -0.25) is 4.98 Å². The van der Waals surface area contributed by atoms with E-state index in [0.717, 1.165) is 23.9 Å². The van der Waals surface area contributed by atoms with E-state index in [1.165, 1.54) is 5.82 Å². The van der Waals surface area contributed by atoms with Crippen molar-refractivity contribution in [2.45, 2.75) is 45.6 Å². The fraction of sp³-hybridized carbons (Fsp3) is 0.625. The smallest absolute Gasteiger partial charge is 0.113 e. The molecule has 2 aromatic heterocycles. The van der Waals surface area contributed by atoms with Crippen LogP contribution in [0.4, 0.5) is 0 Å². The lowest BCUT2D eigenvalue weighted by molar-refractivity contribution is 0.0936. The molecule has 0 spiro atoms. The van der Waals surface area contributed by atoms with Crippen LogP contribution in [0.1, 0.15) is 45.4 Å². The maximum absolute atomic E-state index is 6.27. The zero-order chi connectivity index (χ0) is 14.5. The third-order valence-electron chi connectivity index (χ3n) is 5.53. The van der Waals surface area contributed by atoms with Gasteiger partial charge in [-0.2, -0.15) is 0 Å². The largest absolute Gasteiger partial charge is 0.330 e. The molecule has 1 fully saturated rings. The average Bonchev–Trinajstić information content (AvgIpc) is 2.74. The van der Waals surface area contributed by atoms with E-state index in [1.807, 2.05) is 18.5 Å². The highest BCUT2D eigenvalue weighted by Gasteiger charge is 2.44. The summed E-state index contributed by atoms with van der Waals surface area (Å²) in [7, 11) is 2.10. The number of hydrogen-bond acceptors (Lipinski definition) is 3. The van der Waals surface area contributed by atoms with E-state index in [9.17, 15) is 0 Å². The van der Waals surface area contributed by atoms with Gasteiger partial charge in [0.05, 0.1) is 17.2 Å². The van der Waals surface area contributed by atoms with Crippen LogP contribution in [0.5, 0.6) is 0 Å². The fourth-order valence-electron chi connectivity index (χ4n) is 3.68. The molecular formula is C16H24N4. The van der Waals surface area contributed by atoms with Gasteiger partial charge in [-0.1, -0.05) is 20.8 Å². The normalized spacial score (nSPS) is 29.8. The van der Waals surface area contributed by atoms with Crippen molar-refractivity contribution in [3.05, 3.63) is 24.3 Å². The van der Waals surface area contributed by atoms with Crippen LogP contribution < -0.4 is 5.73 Å². The highest BCUT2D eigenvalue weighted by Crippen LogP contribution is 2.49. The summed E-state index contributed by atoms with van der Waals surface area (Å²) in [6, 6.07) is 2.29. The second kappa shape index (κ2) is 4.55. The van der Waals surface area contributed by atoms with Gasteiger partial charge >= 0.3 is 0 Å². The maximum atomic E-state index is 6.27. The number of aryl methyl sites for hydroxylation is 1. The molecule has 1 aliphatic carbocycles. The van der Waals surface area contributed by atoms with E-state index in [1.54, 1.807) is 0 Å². The Hall–Kier alpha value is -1.42. The number of nitrogens with two attached hydrogens (primary N) is 1. The molecule has 3 rings (SSSR count). The second-order valence-electron chi connectivity index (χ2n) is 6.80. The first-order valence-corrected chi connectivity index (χ1v) is 7.45. The lowest BCUT2D eigenvalue weighted by Crippen LogP contribution is -2.46. The third-order valence-corrected chi connectivity index (χ3v) is 5.53. The summed E-state index contributed by atoms with van der Waals surface area (Å²) in [4.78, 5) is 9.09. The maximum Gasteiger partial charge on any atom is 0.113 e. The van der Waals surface area contributed by atoms with E-state index >= 15 is 0 Å². The lowest BCUT2D eigenvalue weighted by atomic mass is 9.61. The first kappa shape index (κ1) is 13.6. The minimum Gasteiger partial charge on any atom is -0.330 e. The highest BCUT2D eigenvalue weighted by atomic mass is 15.1. The fourth-order valence-corrected chi connectivity index (χ4v) is 3.68. The Morgan fingerprint density at radius 1 is 1.35 bits per heavy atom. The lowest BCUT2D eigenvalue weighted by Gasteiger charge is -2.46. The molecule has 2 N–H and O–H groups in total. The molecule has 3 unspecified atom stereocenters. The first-order chi connectivity index (χ1) is 9.43. The Morgan fingerprint density at radius 2 is 2.10 bits per heavy atom. The molecule has 1 aliphatic rings. The standard InChI is InChI=1S/C16H24N4/c1-10-12(17)6-5-11(16(10,2)3)15-19-13-7-8-18-9-14(13)20(15)4/h7-12H,5-6,17H2,1-4H3. The SMILES string of the molecule is CC1C(N)CCC(c2nc3ccncc3n2C)C1(C)C. The van der Waals surface area contributed by atoms with Crippen molar-refractivity contribution >= 4 is 11.0 Å². The van der Waals surface area contributed by atoms with E-state index in [4.69, 9.17) is 10.7 Å². The summed E-state index contributed by atoms with van der Waals surface area (Å²) in [5.41, 5.74) is 8.59. The Morgan fingerprint density at radius 3 is 2.80 bits per heavy atom. The number of nitrogens with zero attached hydrogens (tertiary/aromatic N) is 3. The van der Waals surface area contributed by atoms with Crippen LogP contribution in [0.15, 0.2) is 18.5 Å². The molecule has 0 radical (unpaired) electrons. The van der Waals surface area contributed by atoms with E-state index in [0.29, 0.717) is 17.9 Å². The predicted molar refractivity (Wildman–Crippen MR) is 81.4 cm³/mol. The van der Waals surface area contributed by atoms with Crippen molar-refractivity contribution in [2.24, 2.45) is 24.1 Å². The minimum absolute atomic E-state index is 0.167. The van der Waals surface area contributed by atoms with Crippen molar-refractivity contribution < 1.29 is 0 Å². The van der Waals surface area contributed by atoms with Gasteiger partial charge in [0, 0.05) is 25.2 Å². The van der Waals surface area contributed by atoms with Crippen LogP contribution in [-0.4, -0.2) is 20.6 Å². The van der Waals surface area contributed by atoms with Crippen molar-refractivity contribution in [1.29, 1.82) is 0 Å². The van der Waals surface area contributed by atoms with Crippen LogP contribution in [0.2, 0.25) is 0 Å². The quantitative estimate of drug-likeness (QED) is 0.868. The summed E-state index contributed by atoms with van der Waals surface area (Å²) in [5, 5.41) is 0. The molecule has 0 amide bonds. The minimum atomic E-state index is 0.167. The molecule has 0 aliphatic heterocycles. The molecule has 108 valence electrons. The van der Waals surface area contributed by atoms with Crippen molar-refractivity contribution in [1.82, 2.24) is 14.5 Å². The molecule has 0 bridgehead atoms. The van der Waals surface area contributed by atoms with Gasteiger partial charge in [0.1, 0.15) is 5.82 Å². The van der Waals surface area contributed by atoms with Crippen LogP contribution in [0.3, 0.4) is 0 Å². The monoisotopic (exact) mass is 272 g/mol. The van der Waals surface area contributed by atoms with E-state index in [2.05, 4.69) is 37.4 Å². The van der Waals surface area contributed by atoms with Crippen LogP contribution in [-0.2, 0) is 7.05 Å². The summed E-state index contributed by atoms with van der Waals surface area (Å²) in [6.07, 6.45) is 5.90. The van der Waals surface area contributed by atoms with Gasteiger partial charge < -0.3 is 10.3 Å². The number of imidazole rings is 1. The average molecular weight is 272 g/mol. The zero-order valence-corrected chi connectivity index (χ0v) is 12.8. The van der Waals surface area contributed by atoms with Gasteiger partial charge in [0.2, 0.25) is 0 Å². The van der Waals surface area contributed by atoms with Crippen molar-refractivity contribution in [3.8, 4) is 0 Å². The van der Waals surface area contributed by atoms with E-state index < -0.39 is 0 Å². The van der Waals surface area contributed by atoms with Gasteiger partial charge in [-0.05, 0) is 30.2 Å². The summed E-state index contributed by atoms with van der Waals surface area (Å²) in [6.45, 7) is 6.94. The number of pyridine rings is 1. The van der Waals surface area contributed by atoms with Gasteiger partial charge in [-0.25, -0.2) is 4.98 Å². The topological polar surface area (TPSA) is 56.7 Å². The summed E-state index contributed by atoms with van der Waals surface area (Å²) >= 11 is 0. The molecule has 0 aromatic carbocycles. The number of hydrogen-bond donors (Lipinski definition) is 1. The number of fused-ring (bicyclic) bond motifs is 1. The highest BCUT2D eigenvalue weighted by molar-refractivity contribution is 5.74. The summed E-state index contributed by atoms with van der Waals surface area (Å²) < 4.78 is 2.21. The molecule has 4 nitrogen and oxygen atoms in total. The molecule has 3 atom stereocenters. The Kier molecular flexibility index (Phi) is 3.09. The van der Waals surface area contributed by atoms with Gasteiger partial charge in [0.15, 0.2) is 0 Å². The Balaban J connectivity index is 2.08. The second-order valence-corrected chi connectivity index (χ2v) is 6.80. The van der Waals surface area contributed by atoms with E-state index in [-0.39, 0.29) is 5.41 Å². The first-order valence-electron chi connectivity index (χ1n) is 7.45. The molecule has 20 heavy (non-hydrogen) atoms. The van der Waals surface area contributed by atoms with Crippen molar-refractivity contribution in [3.63, 3.8) is 0 Å². The Labute approximate surface area is 120 Å². The molecule has 4 heteroatoms. The predicted octanol–water partition coefficient (Wildman–Crippen LogP) is 2.84. The van der Waals surface area contributed by atoms with Crippen LogP contribution in [0, 0.1) is 11.3 Å². The molecule has 2 heterocycles. The van der Waals surface area contributed by atoms with Gasteiger partial charge in [0.25, 0.3) is 0 Å². The third kappa shape index (κ3) is 1.85. The van der Waals surface area contributed by atoms with Crippen LogP contribution in [0.25, 0.3) is 11.0 Å². The Bertz CT molecular complexity index is 628. The number of rotatable bonds is 1. The molecular weight excluding hydrogens is 248 g/mol. The number of aromatic nitrogens is 3. The summed E-state index contributed by atoms with van der Waals surface area (Å²) in [5.74, 6) is 2.13. The van der Waals surface area contributed by atoms with Gasteiger partial charge in [-0.15, -0.1) is 0 Å².